The number of nitrogens with zero attached hydrogens (tertiary/aromatic N) is 3. The van der Waals surface area contributed by atoms with Gasteiger partial charge in [0, 0.05) is 21.5 Å². The fraction of sp³-hybridized carbons (Fsp3) is 0.125. The Kier molecular flexibility index (Phi) is 8.18. The van der Waals surface area contributed by atoms with Gasteiger partial charge < -0.3 is 10.6 Å². The van der Waals surface area contributed by atoms with E-state index in [2.05, 4.69) is 20.8 Å². The fourth-order valence-corrected chi connectivity index (χ4v) is 4.61. The number of aryl methyl sites for hydroxylation is 1. The highest BCUT2D eigenvalue weighted by molar-refractivity contribution is 7.98. The lowest BCUT2D eigenvalue weighted by atomic mass is 10.2. The number of benzene rings is 3. The lowest BCUT2D eigenvalue weighted by Crippen LogP contribution is -2.29. The summed E-state index contributed by atoms with van der Waals surface area (Å²) in [7, 11) is 0. The highest BCUT2D eigenvalue weighted by atomic mass is 35.5. The van der Waals surface area contributed by atoms with E-state index in [9.17, 15) is 9.18 Å². The fourth-order valence-electron chi connectivity index (χ4n) is 3.14. The molecule has 0 saturated heterocycles. The number of amides is 2. The number of aromatic nitrogens is 3. The highest BCUT2D eigenvalue weighted by Crippen LogP contribution is 2.31. The van der Waals surface area contributed by atoms with Crippen LogP contribution in [0.2, 0.25) is 15.1 Å². The normalized spacial score (nSPS) is 10.9. The highest BCUT2D eigenvalue weighted by Gasteiger charge is 2.18. The topological polar surface area (TPSA) is 71.8 Å². The molecule has 35 heavy (non-hydrogen) atoms. The Morgan fingerprint density at radius 3 is 2.51 bits per heavy atom. The van der Waals surface area contributed by atoms with Gasteiger partial charge in [0.1, 0.15) is 5.82 Å². The minimum Gasteiger partial charge on any atom is -0.331 e. The number of thioether (sulfide) groups is 1. The molecule has 0 bridgehead atoms. The summed E-state index contributed by atoms with van der Waals surface area (Å²) < 4.78 is 15.0. The zero-order chi connectivity index (χ0) is 24.9. The molecule has 1 heterocycles. The van der Waals surface area contributed by atoms with Crippen LogP contribution in [0.1, 0.15) is 17.0 Å². The van der Waals surface area contributed by atoms with Gasteiger partial charge in [0.15, 0.2) is 11.0 Å². The van der Waals surface area contributed by atoms with Gasteiger partial charge in [-0.15, -0.1) is 10.2 Å². The minimum atomic E-state index is -0.433. The van der Waals surface area contributed by atoms with Crippen LogP contribution in [0.25, 0.3) is 5.69 Å². The zero-order valence-corrected chi connectivity index (χ0v) is 21.4. The van der Waals surface area contributed by atoms with E-state index >= 15 is 0 Å². The summed E-state index contributed by atoms with van der Waals surface area (Å²) in [5.41, 5.74) is 2.97. The Bertz CT molecular complexity index is 1360. The Balaban J connectivity index is 1.55. The molecule has 0 fully saturated rings. The maximum atomic E-state index is 13.2. The third-order valence-electron chi connectivity index (χ3n) is 4.97. The van der Waals surface area contributed by atoms with Crippen molar-refractivity contribution in [3.05, 3.63) is 98.5 Å². The van der Waals surface area contributed by atoms with Gasteiger partial charge in [-0.05, 0) is 60.5 Å². The molecule has 0 aliphatic heterocycles. The molecule has 0 saturated carbocycles. The standard InChI is InChI=1S/C24H19Cl3FN5OS/c1-14-2-8-18(11-20(14)27)30-23(34)29-12-22-31-32-24(35-13-15-3-6-17(28)7-4-15)33(22)21-10-16(25)5-9-19(21)26/h2-11H,12-13H2,1H3,(H2,29,30,34). The zero-order valence-electron chi connectivity index (χ0n) is 18.4. The molecular weight excluding hydrogens is 532 g/mol. The molecule has 0 unspecified atom stereocenters. The maximum Gasteiger partial charge on any atom is 0.319 e. The van der Waals surface area contributed by atoms with E-state index < -0.39 is 6.03 Å². The van der Waals surface area contributed by atoms with E-state index in [1.54, 1.807) is 47.0 Å². The van der Waals surface area contributed by atoms with Crippen LogP contribution in [0.3, 0.4) is 0 Å². The van der Waals surface area contributed by atoms with Gasteiger partial charge in [0.2, 0.25) is 0 Å². The Morgan fingerprint density at radius 2 is 1.77 bits per heavy atom. The van der Waals surface area contributed by atoms with Crippen LogP contribution < -0.4 is 10.6 Å². The summed E-state index contributed by atoms with van der Waals surface area (Å²) in [5, 5.41) is 16.1. The quantitative estimate of drug-likeness (QED) is 0.237. The summed E-state index contributed by atoms with van der Waals surface area (Å²) in [4.78, 5) is 12.5. The smallest absolute Gasteiger partial charge is 0.319 e. The molecule has 6 nitrogen and oxygen atoms in total. The lowest BCUT2D eigenvalue weighted by Gasteiger charge is -2.13. The van der Waals surface area contributed by atoms with Crippen molar-refractivity contribution in [2.75, 3.05) is 5.32 Å². The van der Waals surface area contributed by atoms with Crippen LogP contribution in [0, 0.1) is 12.7 Å². The Hall–Kier alpha value is -2.78. The van der Waals surface area contributed by atoms with Gasteiger partial charge in [-0.2, -0.15) is 0 Å². The first-order chi connectivity index (χ1) is 16.8. The monoisotopic (exact) mass is 549 g/mol. The molecular formula is C24H19Cl3FN5OS. The van der Waals surface area contributed by atoms with Crippen LogP contribution in [-0.4, -0.2) is 20.8 Å². The molecule has 11 heteroatoms. The van der Waals surface area contributed by atoms with E-state index in [0.717, 1.165) is 11.1 Å². The van der Waals surface area contributed by atoms with Crippen molar-refractivity contribution in [1.29, 1.82) is 0 Å². The molecule has 0 radical (unpaired) electrons. The van der Waals surface area contributed by atoms with E-state index in [1.165, 1.54) is 23.9 Å². The third kappa shape index (κ3) is 6.46. The first-order valence-corrected chi connectivity index (χ1v) is 12.5. The van der Waals surface area contributed by atoms with E-state index in [1.807, 2.05) is 13.0 Å². The summed E-state index contributed by atoms with van der Waals surface area (Å²) in [6, 6.07) is 16.1. The number of hydrogen-bond acceptors (Lipinski definition) is 4. The molecule has 180 valence electrons. The number of rotatable bonds is 7. The van der Waals surface area contributed by atoms with Crippen molar-refractivity contribution in [2.45, 2.75) is 24.4 Å². The average Bonchev–Trinajstić information content (AvgIpc) is 3.24. The van der Waals surface area contributed by atoms with Crippen LogP contribution in [0.5, 0.6) is 0 Å². The maximum absolute atomic E-state index is 13.2. The molecule has 4 aromatic rings. The van der Waals surface area contributed by atoms with Crippen LogP contribution in [0.4, 0.5) is 14.9 Å². The van der Waals surface area contributed by atoms with Crippen molar-refractivity contribution in [3.63, 3.8) is 0 Å². The average molecular weight is 551 g/mol. The summed E-state index contributed by atoms with van der Waals surface area (Å²) in [5.74, 6) is 0.679. The van der Waals surface area contributed by atoms with Gasteiger partial charge >= 0.3 is 6.03 Å². The SMILES string of the molecule is Cc1ccc(NC(=O)NCc2nnc(SCc3ccc(F)cc3)n2-c2cc(Cl)ccc2Cl)cc1Cl. The largest absolute Gasteiger partial charge is 0.331 e. The van der Waals surface area contributed by atoms with Gasteiger partial charge in [0.25, 0.3) is 0 Å². The molecule has 1 aromatic heterocycles. The summed E-state index contributed by atoms with van der Waals surface area (Å²) in [6.45, 7) is 1.95. The summed E-state index contributed by atoms with van der Waals surface area (Å²) in [6.07, 6.45) is 0. The first-order valence-electron chi connectivity index (χ1n) is 10.4. The number of halogens is 4. The molecule has 0 aliphatic carbocycles. The van der Waals surface area contributed by atoms with Crippen LogP contribution >= 0.6 is 46.6 Å². The molecule has 4 rings (SSSR count). The van der Waals surface area contributed by atoms with Gasteiger partial charge in [-0.25, -0.2) is 9.18 Å². The van der Waals surface area contributed by atoms with Gasteiger partial charge in [-0.3, -0.25) is 4.57 Å². The van der Waals surface area contributed by atoms with Crippen LogP contribution in [0.15, 0.2) is 65.8 Å². The Labute approximate surface area is 220 Å². The Morgan fingerprint density at radius 1 is 1.00 bits per heavy atom. The van der Waals surface area contributed by atoms with E-state index in [-0.39, 0.29) is 12.4 Å². The number of hydrogen-bond donors (Lipinski definition) is 2. The lowest BCUT2D eigenvalue weighted by molar-refractivity contribution is 0.251. The second-order valence-electron chi connectivity index (χ2n) is 7.52. The van der Waals surface area contributed by atoms with Gasteiger partial charge in [0.05, 0.1) is 17.3 Å². The molecule has 2 amide bonds. The summed E-state index contributed by atoms with van der Waals surface area (Å²) >= 11 is 20.2. The number of anilines is 1. The first kappa shape index (κ1) is 25.3. The second kappa shape index (κ2) is 11.3. The second-order valence-corrected chi connectivity index (χ2v) is 9.71. The molecule has 0 spiro atoms. The van der Waals surface area contributed by atoms with Crippen molar-refractivity contribution >= 4 is 58.3 Å². The molecule has 0 aliphatic rings. The predicted octanol–water partition coefficient (Wildman–Crippen LogP) is 7.29. The number of carbonyl (C=O) groups is 1. The van der Waals surface area contributed by atoms with Crippen molar-refractivity contribution in [3.8, 4) is 5.69 Å². The van der Waals surface area contributed by atoms with Crippen LogP contribution in [-0.2, 0) is 12.3 Å². The molecule has 3 aromatic carbocycles. The van der Waals surface area contributed by atoms with E-state index in [0.29, 0.717) is 43.2 Å². The van der Waals surface area contributed by atoms with Crippen molar-refractivity contribution in [2.24, 2.45) is 0 Å². The predicted molar refractivity (Wildman–Crippen MR) is 139 cm³/mol. The third-order valence-corrected chi connectivity index (χ3v) is 6.93. The molecule has 2 N–H and O–H groups in total. The number of nitrogens with one attached hydrogen (secondary N) is 2. The van der Waals surface area contributed by atoms with Crippen molar-refractivity contribution in [1.82, 2.24) is 20.1 Å². The number of carbonyl (C=O) groups excluding carboxylic acids is 1. The van der Waals surface area contributed by atoms with Crippen molar-refractivity contribution < 1.29 is 9.18 Å². The minimum absolute atomic E-state index is 0.0678. The van der Waals surface area contributed by atoms with E-state index in [4.69, 9.17) is 34.8 Å². The number of urea groups is 1. The molecule has 0 atom stereocenters. The van der Waals surface area contributed by atoms with Gasteiger partial charge in [-0.1, -0.05) is 64.8 Å².